The largest absolute Gasteiger partial charge is 0.368 e. The van der Waals surface area contributed by atoms with E-state index in [1.807, 2.05) is 0 Å². The van der Waals surface area contributed by atoms with Gasteiger partial charge in [-0.05, 0) is 27.7 Å². The second kappa shape index (κ2) is 6.64. The number of urea groups is 1. The fourth-order valence-corrected chi connectivity index (χ4v) is 1.36. The molecular formula is C9H20N2O5. The summed E-state index contributed by atoms with van der Waals surface area (Å²) in [7, 11) is 0. The molecule has 0 fully saturated rings. The second-order valence-corrected chi connectivity index (χ2v) is 3.41. The second-order valence-electron chi connectivity index (χ2n) is 3.41. The summed E-state index contributed by atoms with van der Waals surface area (Å²) in [6.45, 7) is 5.91. The van der Waals surface area contributed by atoms with E-state index in [0.717, 1.165) is 4.90 Å². The number of carbonyl (C=O) groups excluding carboxylic acids is 1. The van der Waals surface area contributed by atoms with Gasteiger partial charge >= 0.3 is 6.03 Å². The molecule has 0 saturated carbocycles. The molecule has 0 aromatic carbocycles. The van der Waals surface area contributed by atoms with E-state index in [-0.39, 0.29) is 0 Å². The Labute approximate surface area is 94.7 Å². The van der Waals surface area contributed by atoms with Gasteiger partial charge in [0.2, 0.25) is 0 Å². The van der Waals surface area contributed by atoms with Gasteiger partial charge in [-0.1, -0.05) is 0 Å². The Balaban J connectivity index is 4.53. The van der Waals surface area contributed by atoms with E-state index in [4.69, 9.17) is 25.4 Å². The summed E-state index contributed by atoms with van der Waals surface area (Å²) in [5, 5.41) is 18.1. The molecule has 96 valence electrons. The van der Waals surface area contributed by atoms with Gasteiger partial charge in [-0.15, -0.1) is 0 Å². The number of ether oxygens (including phenoxy) is 2. The minimum atomic E-state index is -1.03. The first-order chi connectivity index (χ1) is 7.25. The van der Waals surface area contributed by atoms with Crippen LogP contribution in [0.2, 0.25) is 0 Å². The Hall–Kier alpha value is -0.890. The van der Waals surface area contributed by atoms with Crippen LogP contribution in [0.4, 0.5) is 4.79 Å². The van der Waals surface area contributed by atoms with Gasteiger partial charge in [0.15, 0.2) is 12.6 Å². The molecule has 4 N–H and O–H groups in total. The Bertz CT molecular complexity index is 206. The van der Waals surface area contributed by atoms with Crippen LogP contribution in [0, 0.1) is 0 Å². The predicted molar refractivity (Wildman–Crippen MR) is 55.9 cm³/mol. The van der Waals surface area contributed by atoms with Crippen LogP contribution in [-0.2, 0) is 9.47 Å². The van der Waals surface area contributed by atoms with E-state index in [1.54, 1.807) is 13.8 Å². The molecule has 0 aliphatic carbocycles. The van der Waals surface area contributed by atoms with Gasteiger partial charge in [0.25, 0.3) is 0 Å². The van der Waals surface area contributed by atoms with Crippen LogP contribution in [0.3, 0.4) is 0 Å². The fourth-order valence-electron chi connectivity index (χ4n) is 1.36. The third-order valence-electron chi connectivity index (χ3n) is 1.83. The fraction of sp³-hybridized carbons (Fsp3) is 0.889. The lowest BCUT2D eigenvalue weighted by Crippen LogP contribution is -2.51. The summed E-state index contributed by atoms with van der Waals surface area (Å²) >= 11 is 0. The number of hydrogen-bond donors (Lipinski definition) is 3. The van der Waals surface area contributed by atoms with Crippen LogP contribution in [-0.4, -0.2) is 46.2 Å². The lowest BCUT2D eigenvalue weighted by atomic mass is 10.4. The molecule has 0 aliphatic rings. The van der Waals surface area contributed by atoms with Crippen molar-refractivity contribution in [1.82, 2.24) is 4.90 Å². The normalized spacial score (nSPS) is 18.6. The molecule has 0 spiro atoms. The van der Waals surface area contributed by atoms with E-state index in [1.165, 1.54) is 13.8 Å². The number of carbonyl (C=O) groups is 1. The highest BCUT2D eigenvalue weighted by atomic mass is 16.6. The first-order valence-corrected chi connectivity index (χ1v) is 5.00. The third kappa shape index (κ3) is 5.26. The number of rotatable bonds is 6. The molecule has 0 heterocycles. The monoisotopic (exact) mass is 236 g/mol. The first kappa shape index (κ1) is 15.1. The summed E-state index contributed by atoms with van der Waals surface area (Å²) in [4.78, 5) is 12.2. The number of aliphatic hydroxyl groups excluding tert-OH is 2. The Morgan fingerprint density at radius 3 is 1.56 bits per heavy atom. The van der Waals surface area contributed by atoms with Crippen molar-refractivity contribution in [2.45, 2.75) is 52.7 Å². The maximum absolute atomic E-state index is 11.2. The highest BCUT2D eigenvalue weighted by Gasteiger charge is 2.26. The Kier molecular flexibility index (Phi) is 6.27. The summed E-state index contributed by atoms with van der Waals surface area (Å²) in [6.07, 6.45) is -3.58. The Morgan fingerprint density at radius 2 is 1.38 bits per heavy atom. The van der Waals surface area contributed by atoms with E-state index in [9.17, 15) is 4.79 Å². The van der Waals surface area contributed by atoms with Crippen molar-refractivity contribution in [3.05, 3.63) is 0 Å². The zero-order chi connectivity index (χ0) is 12.9. The van der Waals surface area contributed by atoms with Gasteiger partial charge in [-0.25, -0.2) is 4.79 Å². The number of aliphatic hydroxyl groups is 2. The molecule has 0 rings (SSSR count). The highest BCUT2D eigenvalue weighted by molar-refractivity contribution is 5.72. The average Bonchev–Trinajstić information content (AvgIpc) is 1.98. The minimum Gasteiger partial charge on any atom is -0.368 e. The molecule has 4 atom stereocenters. The number of hydrogen-bond acceptors (Lipinski definition) is 5. The van der Waals surface area contributed by atoms with Crippen molar-refractivity contribution in [3.63, 3.8) is 0 Å². The van der Waals surface area contributed by atoms with Crippen molar-refractivity contribution < 1.29 is 24.5 Å². The van der Waals surface area contributed by atoms with Crippen LogP contribution in [0.15, 0.2) is 0 Å². The van der Waals surface area contributed by atoms with Crippen molar-refractivity contribution in [2.24, 2.45) is 5.73 Å². The van der Waals surface area contributed by atoms with Gasteiger partial charge in [0, 0.05) is 0 Å². The summed E-state index contributed by atoms with van der Waals surface area (Å²) in [5.74, 6) is 0. The molecule has 7 nitrogen and oxygen atoms in total. The van der Waals surface area contributed by atoms with Crippen molar-refractivity contribution in [2.75, 3.05) is 0 Å². The molecule has 16 heavy (non-hydrogen) atoms. The van der Waals surface area contributed by atoms with Crippen molar-refractivity contribution in [1.29, 1.82) is 0 Å². The SMILES string of the molecule is CC(O)OC(C)N(C(N)=O)C(C)OC(C)O. The molecule has 0 aliphatic heterocycles. The van der Waals surface area contributed by atoms with Crippen LogP contribution in [0.1, 0.15) is 27.7 Å². The maximum atomic E-state index is 11.2. The molecule has 0 aromatic rings. The number of amides is 2. The molecule has 0 aromatic heterocycles. The summed E-state index contributed by atoms with van der Waals surface area (Å²) in [5.41, 5.74) is 5.15. The lowest BCUT2D eigenvalue weighted by molar-refractivity contribution is -0.213. The van der Waals surface area contributed by atoms with Gasteiger partial charge in [-0.2, -0.15) is 0 Å². The van der Waals surface area contributed by atoms with Crippen molar-refractivity contribution >= 4 is 6.03 Å². The van der Waals surface area contributed by atoms with E-state index in [2.05, 4.69) is 0 Å². The highest BCUT2D eigenvalue weighted by Crippen LogP contribution is 2.10. The molecule has 4 unspecified atom stereocenters. The van der Waals surface area contributed by atoms with Crippen molar-refractivity contribution in [3.8, 4) is 0 Å². The van der Waals surface area contributed by atoms with Crippen LogP contribution < -0.4 is 5.73 Å². The molecule has 0 radical (unpaired) electrons. The minimum absolute atomic E-state index is 0.758. The lowest BCUT2D eigenvalue weighted by Gasteiger charge is -2.33. The molecule has 0 saturated heterocycles. The smallest absolute Gasteiger partial charge is 0.318 e. The van der Waals surface area contributed by atoms with Gasteiger partial charge in [-0.3, -0.25) is 4.90 Å². The first-order valence-electron chi connectivity index (χ1n) is 5.00. The quantitative estimate of drug-likeness (QED) is 0.552. The van der Waals surface area contributed by atoms with Gasteiger partial charge in [0.05, 0.1) is 0 Å². The number of nitrogens with two attached hydrogens (primary N) is 1. The predicted octanol–water partition coefficient (Wildman–Crippen LogP) is -0.231. The third-order valence-corrected chi connectivity index (χ3v) is 1.83. The molecule has 0 bridgehead atoms. The maximum Gasteiger partial charge on any atom is 0.318 e. The zero-order valence-electron chi connectivity index (χ0n) is 9.95. The van der Waals surface area contributed by atoms with E-state index < -0.39 is 31.1 Å². The zero-order valence-corrected chi connectivity index (χ0v) is 9.95. The molecule has 2 amide bonds. The van der Waals surface area contributed by atoms with Gasteiger partial charge < -0.3 is 25.4 Å². The van der Waals surface area contributed by atoms with Crippen LogP contribution in [0.5, 0.6) is 0 Å². The summed E-state index contributed by atoms with van der Waals surface area (Å²) in [6, 6.07) is -0.763. The standard InChI is InChI=1S/C9H20N2O5/c1-5(15-7(3)12)11(9(10)14)6(2)16-8(4)13/h5-8,12-13H,1-4H3,(H2,10,14). The Morgan fingerprint density at radius 1 is 1.06 bits per heavy atom. The topological polar surface area (TPSA) is 105 Å². The molecular weight excluding hydrogens is 216 g/mol. The number of primary amides is 1. The van der Waals surface area contributed by atoms with E-state index >= 15 is 0 Å². The van der Waals surface area contributed by atoms with Gasteiger partial charge in [0.1, 0.15) is 12.5 Å². The number of nitrogens with zero attached hydrogens (tertiary/aromatic N) is 1. The summed E-state index contributed by atoms with van der Waals surface area (Å²) < 4.78 is 9.99. The molecule has 7 heteroatoms. The van der Waals surface area contributed by atoms with Crippen LogP contribution >= 0.6 is 0 Å². The average molecular weight is 236 g/mol. The van der Waals surface area contributed by atoms with E-state index in [0.29, 0.717) is 0 Å². The van der Waals surface area contributed by atoms with Crippen LogP contribution in [0.25, 0.3) is 0 Å².